The van der Waals surface area contributed by atoms with Crippen molar-refractivity contribution in [3.05, 3.63) is 46.9 Å². The average Bonchev–Trinajstić information content (AvgIpc) is 3.46. The molecule has 164 valence electrons. The Morgan fingerprint density at radius 2 is 2.19 bits per heavy atom. The summed E-state index contributed by atoms with van der Waals surface area (Å²) in [6.07, 6.45) is 3.00. The van der Waals surface area contributed by atoms with Crippen molar-refractivity contribution in [1.82, 2.24) is 20.2 Å². The van der Waals surface area contributed by atoms with E-state index in [0.29, 0.717) is 30.1 Å². The Morgan fingerprint density at radius 3 is 2.87 bits per heavy atom. The lowest BCUT2D eigenvalue weighted by molar-refractivity contribution is -0.116. The van der Waals surface area contributed by atoms with Crippen molar-refractivity contribution >= 4 is 38.6 Å². The van der Waals surface area contributed by atoms with E-state index in [1.54, 1.807) is 22.9 Å². The Balaban J connectivity index is 1.55. The van der Waals surface area contributed by atoms with E-state index in [1.165, 1.54) is 29.1 Å². The molecule has 0 aliphatic carbocycles. The van der Waals surface area contributed by atoms with Crippen molar-refractivity contribution in [2.24, 2.45) is 0 Å². The zero-order valence-electron chi connectivity index (χ0n) is 16.8. The molecule has 1 aliphatic heterocycles. The fraction of sp³-hybridized carbons (Fsp3) is 0.368. The molecule has 0 spiro atoms. The molecule has 0 saturated carbocycles. The number of hydrogen-bond donors (Lipinski definition) is 1. The molecular weight excluding hydrogens is 440 g/mol. The number of hydrogen-bond acceptors (Lipinski definition) is 8. The zero-order valence-corrected chi connectivity index (χ0v) is 18.5. The van der Waals surface area contributed by atoms with Crippen molar-refractivity contribution in [2.45, 2.75) is 25.3 Å². The van der Waals surface area contributed by atoms with Crippen molar-refractivity contribution in [3.8, 4) is 5.75 Å². The van der Waals surface area contributed by atoms with Gasteiger partial charge in [0.1, 0.15) is 12.1 Å². The van der Waals surface area contributed by atoms with Gasteiger partial charge in [-0.2, -0.15) is 11.3 Å². The molecule has 1 saturated heterocycles. The molecule has 4 rings (SSSR count). The highest BCUT2D eigenvalue weighted by Crippen LogP contribution is 2.35. The maximum absolute atomic E-state index is 12.8. The fourth-order valence-electron chi connectivity index (χ4n) is 3.55. The van der Waals surface area contributed by atoms with Crippen molar-refractivity contribution in [3.63, 3.8) is 0 Å². The number of anilines is 2. The number of ether oxygens (including phenoxy) is 1. The molecule has 1 N–H and O–H groups in total. The third-order valence-electron chi connectivity index (χ3n) is 5.07. The van der Waals surface area contributed by atoms with Crippen LogP contribution in [0.3, 0.4) is 0 Å². The first kappa shape index (κ1) is 21.2. The van der Waals surface area contributed by atoms with Gasteiger partial charge in [0.25, 0.3) is 0 Å². The number of amides is 1. The Kier molecular flexibility index (Phi) is 6.18. The number of rotatable bonds is 7. The molecule has 3 aromatic rings. The molecule has 31 heavy (non-hydrogen) atoms. The summed E-state index contributed by atoms with van der Waals surface area (Å²) in [6, 6.07) is 6.56. The predicted molar refractivity (Wildman–Crippen MR) is 117 cm³/mol. The molecule has 12 heteroatoms. The summed E-state index contributed by atoms with van der Waals surface area (Å²) >= 11 is 1.53. The number of benzene rings is 1. The van der Waals surface area contributed by atoms with E-state index in [4.69, 9.17) is 4.74 Å². The number of methoxy groups -OCH3 is 1. The molecule has 10 nitrogen and oxygen atoms in total. The number of nitrogens with zero attached hydrogens (tertiary/aromatic N) is 5. The highest BCUT2D eigenvalue weighted by Gasteiger charge is 2.29. The highest BCUT2D eigenvalue weighted by atomic mass is 32.2. The van der Waals surface area contributed by atoms with Crippen LogP contribution in [0.25, 0.3) is 0 Å². The van der Waals surface area contributed by atoms with E-state index in [-0.39, 0.29) is 24.1 Å². The smallest absolute Gasteiger partial charge is 0.235 e. The third kappa shape index (κ3) is 4.69. The van der Waals surface area contributed by atoms with Gasteiger partial charge in [0.05, 0.1) is 31.0 Å². The van der Waals surface area contributed by atoms with Crippen LogP contribution in [0.4, 0.5) is 11.4 Å². The monoisotopic (exact) mass is 462 g/mol. The number of aromatic nitrogens is 4. The van der Waals surface area contributed by atoms with Crippen LogP contribution in [0, 0.1) is 0 Å². The molecule has 1 atom stereocenters. The highest BCUT2D eigenvalue weighted by molar-refractivity contribution is 7.92. The minimum absolute atomic E-state index is 0.0982. The van der Waals surface area contributed by atoms with Crippen LogP contribution >= 0.6 is 11.3 Å². The van der Waals surface area contributed by atoms with Gasteiger partial charge in [0.15, 0.2) is 0 Å². The van der Waals surface area contributed by atoms with Crippen molar-refractivity contribution < 1.29 is 17.9 Å². The number of tetrazole rings is 1. The van der Waals surface area contributed by atoms with E-state index in [0.717, 1.165) is 12.0 Å². The van der Waals surface area contributed by atoms with Gasteiger partial charge >= 0.3 is 0 Å². The number of sulfonamides is 1. The van der Waals surface area contributed by atoms with Crippen LogP contribution in [0.1, 0.15) is 30.9 Å². The summed E-state index contributed by atoms with van der Waals surface area (Å²) in [7, 11) is -1.93. The lowest BCUT2D eigenvalue weighted by atomic mass is 10.1. The maximum Gasteiger partial charge on any atom is 0.235 e. The SMILES string of the molecule is COc1ccc(NC(=O)C[C@H](c2ccsc2)n2cnnn2)cc1N1CCCCS1(=O)=O. The summed E-state index contributed by atoms with van der Waals surface area (Å²) in [4.78, 5) is 12.8. The Labute approximate surface area is 183 Å². The standard InChI is InChI=1S/C19H22N6O4S2/c1-29-18-5-4-15(10-17(18)25-7-2-3-9-31(25,27)28)21-19(26)11-16(14-6-8-30-12-14)24-13-20-22-23-24/h4-6,8,10,12-13,16H,2-3,7,9,11H2,1H3,(H,21,26)/t16-/m1/s1. The van der Waals surface area contributed by atoms with Crippen LogP contribution in [0.2, 0.25) is 0 Å². The summed E-state index contributed by atoms with van der Waals surface area (Å²) in [5.41, 5.74) is 1.85. The Hall–Kier alpha value is -2.99. The molecule has 2 aromatic heterocycles. The first-order valence-electron chi connectivity index (χ1n) is 9.71. The largest absolute Gasteiger partial charge is 0.495 e. The molecule has 0 unspecified atom stereocenters. The molecule has 0 radical (unpaired) electrons. The van der Waals surface area contributed by atoms with Crippen LogP contribution in [-0.2, 0) is 14.8 Å². The first-order valence-corrected chi connectivity index (χ1v) is 12.3. The summed E-state index contributed by atoms with van der Waals surface area (Å²) < 4.78 is 33.4. The molecule has 1 aromatic carbocycles. The summed E-state index contributed by atoms with van der Waals surface area (Å²) in [5, 5.41) is 18.0. The van der Waals surface area contributed by atoms with Gasteiger partial charge in [-0.05, 0) is 63.9 Å². The molecule has 1 fully saturated rings. The Morgan fingerprint density at radius 1 is 1.32 bits per heavy atom. The molecule has 0 bridgehead atoms. The lowest BCUT2D eigenvalue weighted by Crippen LogP contribution is -2.38. The van der Waals surface area contributed by atoms with E-state index >= 15 is 0 Å². The van der Waals surface area contributed by atoms with Gasteiger partial charge in [-0.25, -0.2) is 13.1 Å². The zero-order chi connectivity index (χ0) is 21.8. The second-order valence-corrected chi connectivity index (χ2v) is 9.89. The maximum atomic E-state index is 12.8. The molecule has 3 heterocycles. The van der Waals surface area contributed by atoms with Crippen molar-refractivity contribution in [1.29, 1.82) is 0 Å². The average molecular weight is 463 g/mol. The lowest BCUT2D eigenvalue weighted by Gasteiger charge is -2.29. The van der Waals surface area contributed by atoms with Crippen LogP contribution in [-0.4, -0.2) is 53.9 Å². The number of carbonyl (C=O) groups is 1. The topological polar surface area (TPSA) is 119 Å². The molecular formula is C19H22N6O4S2. The first-order chi connectivity index (χ1) is 15.0. The van der Waals surface area contributed by atoms with E-state index in [1.807, 2.05) is 16.8 Å². The van der Waals surface area contributed by atoms with Gasteiger partial charge in [0.2, 0.25) is 15.9 Å². The van der Waals surface area contributed by atoms with Crippen LogP contribution in [0.5, 0.6) is 5.75 Å². The van der Waals surface area contributed by atoms with Crippen LogP contribution in [0.15, 0.2) is 41.4 Å². The molecule has 1 amide bonds. The van der Waals surface area contributed by atoms with Gasteiger partial charge in [-0.15, -0.1) is 5.10 Å². The Bertz CT molecular complexity index is 1100. The number of carbonyl (C=O) groups excluding carboxylic acids is 1. The number of nitrogens with one attached hydrogen (secondary N) is 1. The van der Waals surface area contributed by atoms with Gasteiger partial charge in [-0.3, -0.25) is 9.10 Å². The van der Waals surface area contributed by atoms with Gasteiger partial charge in [0, 0.05) is 12.2 Å². The van der Waals surface area contributed by atoms with E-state index in [9.17, 15) is 13.2 Å². The summed E-state index contributed by atoms with van der Waals surface area (Å²) in [6.45, 7) is 0.385. The minimum Gasteiger partial charge on any atom is -0.495 e. The second kappa shape index (κ2) is 9.02. The predicted octanol–water partition coefficient (Wildman–Crippen LogP) is 2.29. The van der Waals surface area contributed by atoms with Gasteiger partial charge < -0.3 is 10.1 Å². The summed E-state index contributed by atoms with van der Waals surface area (Å²) in [5.74, 6) is 0.290. The van der Waals surface area contributed by atoms with Crippen LogP contribution < -0.4 is 14.4 Å². The van der Waals surface area contributed by atoms with E-state index < -0.39 is 10.0 Å². The third-order valence-corrected chi connectivity index (χ3v) is 7.63. The second-order valence-electron chi connectivity index (χ2n) is 7.10. The quantitative estimate of drug-likeness (QED) is 0.572. The normalized spacial score (nSPS) is 16.6. The fourth-order valence-corrected chi connectivity index (χ4v) is 5.90. The minimum atomic E-state index is -3.42. The van der Waals surface area contributed by atoms with Gasteiger partial charge in [-0.1, -0.05) is 0 Å². The molecule has 1 aliphatic rings. The van der Waals surface area contributed by atoms with E-state index in [2.05, 4.69) is 20.8 Å². The number of thiophene rings is 1. The van der Waals surface area contributed by atoms with Crippen molar-refractivity contribution in [2.75, 3.05) is 29.0 Å².